The highest BCUT2D eigenvalue weighted by atomic mass is 35.5. The number of amides is 2. The average molecular weight is 325 g/mol. The van der Waals surface area contributed by atoms with Gasteiger partial charge in [0, 0.05) is 0 Å². The SMILES string of the molecule is O=C1CC(=O)Nc2cc(C(Cl)c3ccc(Cl)o3)ccc2N1. The Hall–Kier alpha value is -1.98. The minimum Gasteiger partial charge on any atom is -0.448 e. The molecule has 7 heteroatoms. The molecule has 1 aliphatic rings. The maximum atomic E-state index is 11.6. The van der Waals surface area contributed by atoms with Crippen LogP contribution >= 0.6 is 23.2 Å². The van der Waals surface area contributed by atoms with Crippen LogP contribution in [0.25, 0.3) is 0 Å². The number of carbonyl (C=O) groups is 2. The number of nitrogens with one attached hydrogen (secondary N) is 2. The van der Waals surface area contributed by atoms with Gasteiger partial charge in [-0.3, -0.25) is 9.59 Å². The zero-order chi connectivity index (χ0) is 15.0. The summed E-state index contributed by atoms with van der Waals surface area (Å²) in [7, 11) is 0. The molecule has 0 bridgehead atoms. The van der Waals surface area contributed by atoms with Gasteiger partial charge in [-0.05, 0) is 41.4 Å². The van der Waals surface area contributed by atoms with Crippen molar-refractivity contribution < 1.29 is 14.0 Å². The molecule has 21 heavy (non-hydrogen) atoms. The fraction of sp³-hybridized carbons (Fsp3) is 0.143. The molecular weight excluding hydrogens is 315 g/mol. The lowest BCUT2D eigenvalue weighted by Crippen LogP contribution is -2.16. The van der Waals surface area contributed by atoms with E-state index in [0.29, 0.717) is 17.1 Å². The van der Waals surface area contributed by atoms with E-state index >= 15 is 0 Å². The Morgan fingerprint density at radius 1 is 1.05 bits per heavy atom. The Bertz CT molecular complexity index is 727. The monoisotopic (exact) mass is 324 g/mol. The third-order valence-electron chi connectivity index (χ3n) is 3.05. The van der Waals surface area contributed by atoms with Gasteiger partial charge in [0.05, 0.1) is 11.4 Å². The van der Waals surface area contributed by atoms with E-state index in [1.165, 1.54) is 0 Å². The van der Waals surface area contributed by atoms with Gasteiger partial charge in [-0.15, -0.1) is 11.6 Å². The highest BCUT2D eigenvalue weighted by molar-refractivity contribution is 6.29. The Balaban J connectivity index is 1.95. The molecule has 0 aliphatic carbocycles. The molecule has 1 unspecified atom stereocenters. The fourth-order valence-corrected chi connectivity index (χ4v) is 2.50. The van der Waals surface area contributed by atoms with Crippen LogP contribution in [0.3, 0.4) is 0 Å². The Morgan fingerprint density at radius 2 is 1.76 bits per heavy atom. The molecule has 1 aliphatic heterocycles. The van der Waals surface area contributed by atoms with Gasteiger partial charge in [-0.1, -0.05) is 6.07 Å². The van der Waals surface area contributed by atoms with Crippen LogP contribution in [-0.4, -0.2) is 11.8 Å². The van der Waals surface area contributed by atoms with Gasteiger partial charge in [0.1, 0.15) is 17.6 Å². The summed E-state index contributed by atoms with van der Waals surface area (Å²) in [6, 6.07) is 8.44. The first-order valence-corrected chi connectivity index (χ1v) is 6.97. The molecule has 2 N–H and O–H groups in total. The van der Waals surface area contributed by atoms with Crippen LogP contribution in [0, 0.1) is 0 Å². The average Bonchev–Trinajstić information content (AvgIpc) is 2.79. The summed E-state index contributed by atoms with van der Waals surface area (Å²) in [6.45, 7) is 0. The number of carbonyl (C=O) groups excluding carboxylic acids is 2. The van der Waals surface area contributed by atoms with Crippen LogP contribution in [-0.2, 0) is 9.59 Å². The summed E-state index contributed by atoms with van der Waals surface area (Å²) >= 11 is 12.1. The predicted octanol–water partition coefficient (Wildman–Crippen LogP) is 3.54. The minimum atomic E-state index is -0.543. The summed E-state index contributed by atoms with van der Waals surface area (Å²) in [5.41, 5.74) is 1.76. The first-order chi connectivity index (χ1) is 10.0. The highest BCUT2D eigenvalue weighted by Gasteiger charge is 2.21. The van der Waals surface area contributed by atoms with E-state index in [9.17, 15) is 9.59 Å². The first kappa shape index (κ1) is 14.0. The quantitative estimate of drug-likeness (QED) is 0.655. The van der Waals surface area contributed by atoms with E-state index in [1.54, 1.807) is 30.3 Å². The number of hydrogen-bond acceptors (Lipinski definition) is 3. The molecule has 2 aromatic rings. The largest absolute Gasteiger partial charge is 0.448 e. The maximum Gasteiger partial charge on any atom is 0.233 e. The second-order valence-electron chi connectivity index (χ2n) is 4.58. The molecule has 2 heterocycles. The number of furan rings is 1. The molecule has 108 valence electrons. The van der Waals surface area contributed by atoms with Crippen molar-refractivity contribution in [1.82, 2.24) is 0 Å². The van der Waals surface area contributed by atoms with Crippen LogP contribution in [0.5, 0.6) is 0 Å². The second-order valence-corrected chi connectivity index (χ2v) is 5.39. The summed E-state index contributed by atoms with van der Waals surface area (Å²) in [4.78, 5) is 23.0. The smallest absolute Gasteiger partial charge is 0.233 e. The van der Waals surface area contributed by atoms with E-state index in [1.807, 2.05) is 0 Å². The summed E-state index contributed by atoms with van der Waals surface area (Å²) in [6.07, 6.45) is -0.206. The van der Waals surface area contributed by atoms with Gasteiger partial charge < -0.3 is 15.1 Å². The van der Waals surface area contributed by atoms with Crippen molar-refractivity contribution in [3.8, 4) is 0 Å². The molecule has 1 aromatic heterocycles. The van der Waals surface area contributed by atoms with Crippen molar-refractivity contribution in [2.45, 2.75) is 11.8 Å². The minimum absolute atomic E-state index is 0.206. The lowest BCUT2D eigenvalue weighted by molar-refractivity contribution is -0.123. The lowest BCUT2D eigenvalue weighted by Gasteiger charge is -2.12. The van der Waals surface area contributed by atoms with Crippen LogP contribution in [0.2, 0.25) is 5.22 Å². The van der Waals surface area contributed by atoms with Crippen molar-refractivity contribution in [3.05, 3.63) is 46.9 Å². The maximum absolute atomic E-state index is 11.6. The molecule has 0 fully saturated rings. The normalized spacial score (nSPS) is 15.7. The van der Waals surface area contributed by atoms with Crippen molar-refractivity contribution in [2.24, 2.45) is 0 Å². The molecule has 0 saturated carbocycles. The molecule has 5 nitrogen and oxygen atoms in total. The number of alkyl halides is 1. The fourth-order valence-electron chi connectivity index (χ4n) is 2.10. The number of anilines is 2. The third-order valence-corrected chi connectivity index (χ3v) is 3.72. The third kappa shape index (κ3) is 2.89. The molecular formula is C14H10Cl2N2O3. The van der Waals surface area contributed by atoms with E-state index in [4.69, 9.17) is 27.6 Å². The number of benzene rings is 1. The molecule has 0 radical (unpaired) electrons. The zero-order valence-electron chi connectivity index (χ0n) is 10.7. The highest BCUT2D eigenvalue weighted by Crippen LogP contribution is 2.35. The van der Waals surface area contributed by atoms with E-state index in [0.717, 1.165) is 5.56 Å². The van der Waals surface area contributed by atoms with Crippen LogP contribution in [0.15, 0.2) is 34.7 Å². The summed E-state index contributed by atoms with van der Waals surface area (Å²) < 4.78 is 5.28. The first-order valence-electron chi connectivity index (χ1n) is 6.16. The van der Waals surface area contributed by atoms with Crippen LogP contribution in [0.4, 0.5) is 11.4 Å². The Kier molecular flexibility index (Phi) is 3.61. The number of rotatable bonds is 2. The predicted molar refractivity (Wildman–Crippen MR) is 79.7 cm³/mol. The van der Waals surface area contributed by atoms with Crippen LogP contribution in [0.1, 0.15) is 23.1 Å². The van der Waals surface area contributed by atoms with Gasteiger partial charge in [0.15, 0.2) is 5.22 Å². The summed E-state index contributed by atoms with van der Waals surface area (Å²) in [5.74, 6) is -0.208. The van der Waals surface area contributed by atoms with Gasteiger partial charge in [-0.2, -0.15) is 0 Å². The molecule has 3 rings (SSSR count). The van der Waals surface area contributed by atoms with Gasteiger partial charge >= 0.3 is 0 Å². The molecule has 2 amide bonds. The molecule has 1 atom stereocenters. The number of fused-ring (bicyclic) bond motifs is 1. The lowest BCUT2D eigenvalue weighted by atomic mass is 10.1. The van der Waals surface area contributed by atoms with E-state index in [2.05, 4.69) is 10.6 Å². The van der Waals surface area contributed by atoms with Gasteiger partial charge in [-0.25, -0.2) is 0 Å². The molecule has 1 aromatic carbocycles. The number of hydrogen-bond donors (Lipinski definition) is 2. The van der Waals surface area contributed by atoms with Crippen molar-refractivity contribution in [3.63, 3.8) is 0 Å². The van der Waals surface area contributed by atoms with Gasteiger partial charge in [0.25, 0.3) is 0 Å². The van der Waals surface area contributed by atoms with E-state index in [-0.39, 0.29) is 23.5 Å². The molecule has 0 spiro atoms. The van der Waals surface area contributed by atoms with Crippen molar-refractivity contribution in [2.75, 3.05) is 10.6 Å². The second kappa shape index (κ2) is 5.42. The number of halogens is 2. The van der Waals surface area contributed by atoms with Crippen molar-refractivity contribution in [1.29, 1.82) is 0 Å². The van der Waals surface area contributed by atoms with Crippen LogP contribution < -0.4 is 10.6 Å². The summed E-state index contributed by atoms with van der Waals surface area (Å²) in [5, 5.41) is 5.03. The zero-order valence-corrected chi connectivity index (χ0v) is 12.2. The standard InChI is InChI=1S/C14H10Cl2N2O3/c15-11-4-3-10(21-11)14(16)7-1-2-8-9(5-7)18-13(20)6-12(19)17-8/h1-5,14H,6H2,(H,17,19)(H,18,20). The molecule has 0 saturated heterocycles. The van der Waals surface area contributed by atoms with Gasteiger partial charge in [0.2, 0.25) is 11.8 Å². The topological polar surface area (TPSA) is 71.3 Å². The van der Waals surface area contributed by atoms with Crippen molar-refractivity contribution >= 4 is 46.4 Å². The Labute approximate surface area is 130 Å². The Morgan fingerprint density at radius 3 is 2.43 bits per heavy atom. The van der Waals surface area contributed by atoms with E-state index < -0.39 is 5.38 Å².